The summed E-state index contributed by atoms with van der Waals surface area (Å²) in [5, 5.41) is 3.88. The van der Waals surface area contributed by atoms with Gasteiger partial charge < -0.3 is 5.32 Å². The van der Waals surface area contributed by atoms with Gasteiger partial charge in [-0.3, -0.25) is 0 Å². The smallest absolute Gasteiger partial charge is 0.141 e. The Morgan fingerprint density at radius 2 is 2.10 bits per heavy atom. The molecule has 2 rings (SSSR count). The van der Waals surface area contributed by atoms with Crippen molar-refractivity contribution >= 4 is 11.6 Å². The summed E-state index contributed by atoms with van der Waals surface area (Å²) in [6, 6.07) is 5.59. The van der Waals surface area contributed by atoms with E-state index >= 15 is 0 Å². The van der Waals surface area contributed by atoms with Gasteiger partial charge in [-0.15, -0.1) is 0 Å². The van der Waals surface area contributed by atoms with Gasteiger partial charge in [-0.2, -0.15) is 0 Å². The molecule has 0 amide bonds. The molecule has 1 aliphatic rings. The van der Waals surface area contributed by atoms with Gasteiger partial charge in [0.1, 0.15) is 5.82 Å². The number of benzene rings is 1. The predicted molar refractivity (Wildman–Crippen MR) is 83.8 cm³/mol. The third-order valence-corrected chi connectivity index (χ3v) is 4.53. The summed E-state index contributed by atoms with van der Waals surface area (Å²) in [7, 11) is 0. The van der Waals surface area contributed by atoms with Crippen LogP contribution in [0, 0.1) is 11.7 Å². The zero-order chi connectivity index (χ0) is 14.4. The number of hydrogen-bond donors (Lipinski definition) is 1. The standard InChI is InChI=1S/C17H25ClFN/c1-2-9-20-15(10-13-5-3-4-6-13)11-14-7-8-17(19)16(18)12-14/h7-8,12-13,15,20H,2-6,9-11H2,1H3. The van der Waals surface area contributed by atoms with E-state index in [1.54, 1.807) is 6.07 Å². The van der Waals surface area contributed by atoms with Crippen molar-refractivity contribution in [1.82, 2.24) is 5.32 Å². The van der Waals surface area contributed by atoms with Crippen LogP contribution in [-0.4, -0.2) is 12.6 Å². The Kier molecular flexibility index (Phi) is 6.31. The Bertz CT molecular complexity index is 415. The van der Waals surface area contributed by atoms with Gasteiger partial charge in [0.25, 0.3) is 0 Å². The summed E-state index contributed by atoms with van der Waals surface area (Å²) < 4.78 is 13.2. The molecule has 1 N–H and O–H groups in total. The lowest BCUT2D eigenvalue weighted by atomic mass is 9.94. The minimum Gasteiger partial charge on any atom is -0.314 e. The summed E-state index contributed by atoms with van der Waals surface area (Å²) in [6.45, 7) is 3.24. The van der Waals surface area contributed by atoms with Crippen LogP contribution in [0.4, 0.5) is 4.39 Å². The van der Waals surface area contributed by atoms with E-state index < -0.39 is 0 Å². The Hall–Kier alpha value is -0.600. The van der Waals surface area contributed by atoms with E-state index in [0.717, 1.165) is 30.9 Å². The second kappa shape index (κ2) is 7.99. The second-order valence-corrected chi connectivity index (χ2v) is 6.40. The highest BCUT2D eigenvalue weighted by molar-refractivity contribution is 6.30. The molecule has 0 saturated heterocycles. The van der Waals surface area contributed by atoms with E-state index in [2.05, 4.69) is 12.2 Å². The van der Waals surface area contributed by atoms with Crippen LogP contribution in [0.1, 0.15) is 51.0 Å². The Labute approximate surface area is 126 Å². The lowest BCUT2D eigenvalue weighted by Gasteiger charge is -2.22. The van der Waals surface area contributed by atoms with E-state index in [9.17, 15) is 4.39 Å². The van der Waals surface area contributed by atoms with Crippen molar-refractivity contribution in [1.29, 1.82) is 0 Å². The maximum atomic E-state index is 13.2. The second-order valence-electron chi connectivity index (χ2n) is 5.99. The average molecular weight is 298 g/mol. The van der Waals surface area contributed by atoms with Crippen LogP contribution >= 0.6 is 11.6 Å². The summed E-state index contributed by atoms with van der Waals surface area (Å²) >= 11 is 5.88. The number of halogens is 2. The van der Waals surface area contributed by atoms with Gasteiger partial charge in [-0.05, 0) is 49.4 Å². The Balaban J connectivity index is 1.95. The van der Waals surface area contributed by atoms with E-state index in [1.165, 1.54) is 38.2 Å². The third kappa shape index (κ3) is 4.75. The molecular formula is C17H25ClFN. The van der Waals surface area contributed by atoms with Gasteiger partial charge in [0.15, 0.2) is 0 Å². The van der Waals surface area contributed by atoms with Crippen LogP contribution in [-0.2, 0) is 6.42 Å². The van der Waals surface area contributed by atoms with Gasteiger partial charge in [0, 0.05) is 6.04 Å². The molecule has 1 atom stereocenters. The molecule has 1 unspecified atom stereocenters. The molecule has 0 aromatic heterocycles. The van der Waals surface area contributed by atoms with Gasteiger partial charge in [-0.25, -0.2) is 4.39 Å². The molecule has 1 nitrogen and oxygen atoms in total. The predicted octanol–water partition coefficient (Wildman–Crippen LogP) is 4.97. The minimum absolute atomic E-state index is 0.234. The topological polar surface area (TPSA) is 12.0 Å². The van der Waals surface area contributed by atoms with Gasteiger partial charge in [-0.1, -0.05) is 50.3 Å². The van der Waals surface area contributed by atoms with Crippen LogP contribution in [0.3, 0.4) is 0 Å². The van der Waals surface area contributed by atoms with Crippen molar-refractivity contribution in [2.24, 2.45) is 5.92 Å². The highest BCUT2D eigenvalue weighted by Gasteiger charge is 2.20. The first-order valence-electron chi connectivity index (χ1n) is 7.86. The lowest BCUT2D eigenvalue weighted by molar-refractivity contribution is 0.385. The zero-order valence-electron chi connectivity index (χ0n) is 12.3. The number of hydrogen-bond acceptors (Lipinski definition) is 1. The fourth-order valence-electron chi connectivity index (χ4n) is 3.19. The maximum Gasteiger partial charge on any atom is 0.141 e. The first kappa shape index (κ1) is 15.8. The van der Waals surface area contributed by atoms with Gasteiger partial charge >= 0.3 is 0 Å². The summed E-state index contributed by atoms with van der Waals surface area (Å²) in [5.74, 6) is 0.532. The number of rotatable bonds is 7. The quantitative estimate of drug-likeness (QED) is 0.749. The Morgan fingerprint density at radius 3 is 2.75 bits per heavy atom. The largest absolute Gasteiger partial charge is 0.314 e. The molecule has 1 fully saturated rings. The molecule has 1 saturated carbocycles. The fourth-order valence-corrected chi connectivity index (χ4v) is 3.39. The monoisotopic (exact) mass is 297 g/mol. The molecule has 20 heavy (non-hydrogen) atoms. The minimum atomic E-state index is -0.329. The molecule has 0 heterocycles. The zero-order valence-corrected chi connectivity index (χ0v) is 13.1. The van der Waals surface area contributed by atoms with E-state index in [-0.39, 0.29) is 10.8 Å². The molecule has 0 spiro atoms. The van der Waals surface area contributed by atoms with Gasteiger partial charge in [0.2, 0.25) is 0 Å². The SMILES string of the molecule is CCCNC(Cc1ccc(F)c(Cl)c1)CC1CCCC1. The van der Waals surface area contributed by atoms with Crippen molar-refractivity contribution in [3.8, 4) is 0 Å². The van der Waals surface area contributed by atoms with Crippen molar-refractivity contribution in [3.63, 3.8) is 0 Å². The first-order chi connectivity index (χ1) is 9.69. The fraction of sp³-hybridized carbons (Fsp3) is 0.647. The van der Waals surface area contributed by atoms with Crippen LogP contribution in [0.2, 0.25) is 5.02 Å². The first-order valence-corrected chi connectivity index (χ1v) is 8.24. The highest BCUT2D eigenvalue weighted by atomic mass is 35.5. The van der Waals surface area contributed by atoms with E-state index in [1.807, 2.05) is 6.07 Å². The third-order valence-electron chi connectivity index (χ3n) is 4.24. The maximum absolute atomic E-state index is 13.2. The van der Waals surface area contributed by atoms with Crippen molar-refractivity contribution in [2.45, 2.75) is 57.9 Å². The van der Waals surface area contributed by atoms with Crippen molar-refractivity contribution in [3.05, 3.63) is 34.6 Å². The molecule has 1 aliphatic carbocycles. The molecule has 0 aliphatic heterocycles. The highest BCUT2D eigenvalue weighted by Crippen LogP contribution is 2.29. The van der Waals surface area contributed by atoms with E-state index in [0.29, 0.717) is 6.04 Å². The molecule has 0 radical (unpaired) electrons. The molecular weight excluding hydrogens is 273 g/mol. The van der Waals surface area contributed by atoms with Gasteiger partial charge in [0.05, 0.1) is 5.02 Å². The summed E-state index contributed by atoms with van der Waals surface area (Å²) in [6.07, 6.45) is 8.82. The van der Waals surface area contributed by atoms with Crippen LogP contribution in [0.25, 0.3) is 0 Å². The van der Waals surface area contributed by atoms with Crippen molar-refractivity contribution < 1.29 is 4.39 Å². The molecule has 0 bridgehead atoms. The van der Waals surface area contributed by atoms with E-state index in [4.69, 9.17) is 11.6 Å². The normalized spacial score (nSPS) is 17.6. The van der Waals surface area contributed by atoms with Crippen LogP contribution in [0.5, 0.6) is 0 Å². The van der Waals surface area contributed by atoms with Crippen molar-refractivity contribution in [2.75, 3.05) is 6.54 Å². The molecule has 3 heteroatoms. The molecule has 1 aromatic rings. The van der Waals surface area contributed by atoms with Crippen LogP contribution in [0.15, 0.2) is 18.2 Å². The summed E-state index contributed by atoms with van der Waals surface area (Å²) in [4.78, 5) is 0. The average Bonchev–Trinajstić information content (AvgIpc) is 2.93. The Morgan fingerprint density at radius 1 is 1.35 bits per heavy atom. The summed E-state index contributed by atoms with van der Waals surface area (Å²) in [5.41, 5.74) is 1.13. The number of nitrogens with one attached hydrogen (secondary N) is 1. The lowest BCUT2D eigenvalue weighted by Crippen LogP contribution is -2.33. The van der Waals surface area contributed by atoms with Crippen LogP contribution < -0.4 is 5.32 Å². The molecule has 112 valence electrons. The molecule has 1 aromatic carbocycles.